The Bertz CT molecular complexity index is 499. The molecule has 4 rings (SSSR count). The third-order valence-electron chi connectivity index (χ3n) is 6.43. The van der Waals surface area contributed by atoms with Crippen LogP contribution < -0.4 is 10.6 Å². The Morgan fingerprint density at radius 1 is 1.08 bits per heavy atom. The number of hydrogen-bond acceptors (Lipinski definition) is 4. The lowest BCUT2D eigenvalue weighted by atomic mass is 9.67. The zero-order valence-corrected chi connectivity index (χ0v) is 14.6. The van der Waals surface area contributed by atoms with Crippen molar-refractivity contribution in [2.24, 2.45) is 11.3 Å². The van der Waals surface area contributed by atoms with Crippen LogP contribution in [0.3, 0.4) is 0 Å². The molecule has 2 atom stereocenters. The number of hydrogen-bond donors (Lipinski definition) is 2. The molecule has 0 aromatic rings. The molecular weight excluding hydrogens is 304 g/mol. The van der Waals surface area contributed by atoms with E-state index in [1.54, 1.807) is 0 Å². The Morgan fingerprint density at radius 3 is 2.62 bits per heavy atom. The predicted octanol–water partition coefficient (Wildman–Crippen LogP) is 0.189. The first kappa shape index (κ1) is 16.3. The van der Waals surface area contributed by atoms with E-state index in [-0.39, 0.29) is 11.3 Å². The number of amides is 2. The highest BCUT2D eigenvalue weighted by Crippen LogP contribution is 2.45. The Morgan fingerprint density at radius 2 is 1.88 bits per heavy atom. The molecule has 0 unspecified atom stereocenters. The van der Waals surface area contributed by atoms with E-state index in [0.717, 1.165) is 58.5 Å². The summed E-state index contributed by atoms with van der Waals surface area (Å²) in [4.78, 5) is 29.4. The van der Waals surface area contributed by atoms with Crippen LogP contribution in [0.1, 0.15) is 38.5 Å². The maximum absolute atomic E-state index is 13.2. The molecule has 2 saturated heterocycles. The lowest BCUT2D eigenvalue weighted by molar-refractivity contribution is -0.147. The molecule has 0 aromatic carbocycles. The van der Waals surface area contributed by atoms with E-state index in [9.17, 15) is 9.59 Å². The monoisotopic (exact) mass is 334 g/mol. The summed E-state index contributed by atoms with van der Waals surface area (Å²) in [5.41, 5.74) is -0.135. The van der Waals surface area contributed by atoms with Crippen LogP contribution in [0.15, 0.2) is 0 Å². The average molecular weight is 334 g/mol. The van der Waals surface area contributed by atoms with Crippen LogP contribution >= 0.6 is 0 Å². The second-order valence-electron chi connectivity index (χ2n) is 8.14. The van der Waals surface area contributed by atoms with Gasteiger partial charge in [-0.2, -0.15) is 0 Å². The average Bonchev–Trinajstić information content (AvgIpc) is 3.29. The fourth-order valence-corrected chi connectivity index (χ4v) is 4.80. The molecule has 2 N–H and O–H groups in total. The first-order chi connectivity index (χ1) is 11.7. The smallest absolute Gasteiger partial charge is 0.234 e. The van der Waals surface area contributed by atoms with Crippen LogP contribution in [0.25, 0.3) is 0 Å². The van der Waals surface area contributed by atoms with Crippen LogP contribution in [0.2, 0.25) is 0 Å². The maximum atomic E-state index is 13.2. The SMILES string of the molecule is O=C(CN1CCN(C(=O)[C@@]23CCCC[C@H]2CNC3)CC1)NC1CC1. The lowest BCUT2D eigenvalue weighted by Crippen LogP contribution is -2.56. The van der Waals surface area contributed by atoms with Crippen molar-refractivity contribution in [2.75, 3.05) is 45.8 Å². The maximum Gasteiger partial charge on any atom is 0.234 e. The second-order valence-corrected chi connectivity index (χ2v) is 8.14. The van der Waals surface area contributed by atoms with Crippen molar-refractivity contribution < 1.29 is 9.59 Å². The quantitative estimate of drug-likeness (QED) is 0.770. The van der Waals surface area contributed by atoms with Gasteiger partial charge in [0, 0.05) is 38.8 Å². The highest BCUT2D eigenvalue weighted by Gasteiger charge is 2.51. The Balaban J connectivity index is 1.30. The molecule has 0 aromatic heterocycles. The van der Waals surface area contributed by atoms with Crippen molar-refractivity contribution >= 4 is 11.8 Å². The lowest BCUT2D eigenvalue weighted by Gasteiger charge is -2.43. The predicted molar refractivity (Wildman–Crippen MR) is 91.4 cm³/mol. The number of nitrogens with zero attached hydrogens (tertiary/aromatic N) is 2. The minimum absolute atomic E-state index is 0.135. The molecule has 6 nitrogen and oxygen atoms in total. The van der Waals surface area contributed by atoms with E-state index in [1.807, 2.05) is 0 Å². The fraction of sp³-hybridized carbons (Fsp3) is 0.889. The first-order valence-electron chi connectivity index (χ1n) is 9.69. The normalized spacial score (nSPS) is 34.0. The molecule has 2 aliphatic carbocycles. The standard InChI is InChI=1S/C18H30N4O2/c23-16(20-15-4-5-15)12-21-7-9-22(10-8-21)17(24)18-6-2-1-3-14(18)11-19-13-18/h14-15,19H,1-13H2,(H,20,23)/t14-,18+/m0/s1. The van der Waals surface area contributed by atoms with Gasteiger partial charge in [-0.1, -0.05) is 12.8 Å². The molecule has 0 bridgehead atoms. The van der Waals surface area contributed by atoms with Crippen LogP contribution in [-0.4, -0.2) is 73.5 Å². The number of piperazine rings is 1. The van der Waals surface area contributed by atoms with Crippen molar-refractivity contribution in [3.05, 3.63) is 0 Å². The molecule has 134 valence electrons. The number of carbonyl (C=O) groups excluding carboxylic acids is 2. The third kappa shape index (κ3) is 3.18. The van der Waals surface area contributed by atoms with Crippen molar-refractivity contribution in [1.29, 1.82) is 0 Å². The van der Waals surface area contributed by atoms with Gasteiger partial charge in [0.2, 0.25) is 11.8 Å². The molecule has 6 heteroatoms. The van der Waals surface area contributed by atoms with Gasteiger partial charge in [0.25, 0.3) is 0 Å². The molecule has 2 heterocycles. The van der Waals surface area contributed by atoms with Gasteiger partial charge in [-0.05, 0) is 38.1 Å². The molecular formula is C18H30N4O2. The van der Waals surface area contributed by atoms with Crippen molar-refractivity contribution in [3.8, 4) is 0 Å². The summed E-state index contributed by atoms with van der Waals surface area (Å²) in [6, 6.07) is 0.428. The number of nitrogens with one attached hydrogen (secondary N) is 2. The van der Waals surface area contributed by atoms with Gasteiger partial charge in [0.15, 0.2) is 0 Å². The Hall–Kier alpha value is -1.14. The summed E-state index contributed by atoms with van der Waals surface area (Å²) < 4.78 is 0. The number of fused-ring (bicyclic) bond motifs is 1. The largest absolute Gasteiger partial charge is 0.352 e. The van der Waals surface area contributed by atoms with E-state index < -0.39 is 0 Å². The highest BCUT2D eigenvalue weighted by atomic mass is 16.2. The topological polar surface area (TPSA) is 64.7 Å². The van der Waals surface area contributed by atoms with Gasteiger partial charge in [-0.15, -0.1) is 0 Å². The summed E-state index contributed by atoms with van der Waals surface area (Å²) in [5.74, 6) is 1.04. The van der Waals surface area contributed by atoms with Crippen LogP contribution in [-0.2, 0) is 9.59 Å². The summed E-state index contributed by atoms with van der Waals surface area (Å²) in [5, 5.41) is 6.52. The molecule has 2 amide bonds. The van der Waals surface area contributed by atoms with Gasteiger partial charge in [0.05, 0.1) is 12.0 Å². The van der Waals surface area contributed by atoms with Gasteiger partial charge in [-0.25, -0.2) is 0 Å². The van der Waals surface area contributed by atoms with Crippen LogP contribution in [0.4, 0.5) is 0 Å². The summed E-state index contributed by atoms with van der Waals surface area (Å²) >= 11 is 0. The van der Waals surface area contributed by atoms with Crippen LogP contribution in [0.5, 0.6) is 0 Å². The summed E-state index contributed by atoms with van der Waals surface area (Å²) in [7, 11) is 0. The zero-order valence-electron chi connectivity index (χ0n) is 14.6. The molecule has 24 heavy (non-hydrogen) atoms. The summed E-state index contributed by atoms with van der Waals surface area (Å²) in [6.07, 6.45) is 6.96. The van der Waals surface area contributed by atoms with Gasteiger partial charge in [-0.3, -0.25) is 14.5 Å². The first-order valence-corrected chi connectivity index (χ1v) is 9.69. The molecule has 0 radical (unpaired) electrons. The molecule has 0 spiro atoms. The zero-order chi connectivity index (χ0) is 16.6. The fourth-order valence-electron chi connectivity index (χ4n) is 4.80. The van der Waals surface area contributed by atoms with Crippen molar-refractivity contribution in [1.82, 2.24) is 20.4 Å². The Kier molecular flexibility index (Phi) is 4.52. The van der Waals surface area contributed by atoms with Gasteiger partial charge in [0.1, 0.15) is 0 Å². The van der Waals surface area contributed by atoms with E-state index in [0.29, 0.717) is 24.4 Å². The second kappa shape index (κ2) is 6.64. The van der Waals surface area contributed by atoms with Crippen molar-refractivity contribution in [2.45, 2.75) is 44.6 Å². The van der Waals surface area contributed by atoms with E-state index in [4.69, 9.17) is 0 Å². The highest BCUT2D eigenvalue weighted by molar-refractivity contribution is 5.84. The third-order valence-corrected chi connectivity index (χ3v) is 6.43. The van der Waals surface area contributed by atoms with E-state index in [2.05, 4.69) is 20.4 Å². The Labute approximate surface area is 144 Å². The van der Waals surface area contributed by atoms with E-state index in [1.165, 1.54) is 19.3 Å². The summed E-state index contributed by atoms with van der Waals surface area (Å²) in [6.45, 7) is 5.52. The molecule has 2 aliphatic heterocycles. The minimum Gasteiger partial charge on any atom is -0.352 e. The molecule has 4 aliphatic rings. The van der Waals surface area contributed by atoms with E-state index >= 15 is 0 Å². The van der Waals surface area contributed by atoms with Gasteiger partial charge < -0.3 is 15.5 Å². The minimum atomic E-state index is -0.135. The molecule has 2 saturated carbocycles. The molecule has 4 fully saturated rings. The van der Waals surface area contributed by atoms with Crippen molar-refractivity contribution in [3.63, 3.8) is 0 Å². The number of carbonyl (C=O) groups is 2. The van der Waals surface area contributed by atoms with Crippen LogP contribution in [0, 0.1) is 11.3 Å². The number of rotatable bonds is 4. The van der Waals surface area contributed by atoms with Gasteiger partial charge >= 0.3 is 0 Å².